The Bertz CT molecular complexity index is 1430. The van der Waals surface area contributed by atoms with E-state index < -0.39 is 98.7 Å². The minimum absolute atomic E-state index is 0.0382. The fraction of sp³-hybridized carbons (Fsp3) is 0.536. The third-order valence-electron chi connectivity index (χ3n) is 9.15. The number of nitrogens with two attached hydrogens (primary N) is 1. The van der Waals surface area contributed by atoms with Crippen LogP contribution in [0.4, 0.5) is 13.2 Å². The van der Waals surface area contributed by atoms with Gasteiger partial charge in [0.05, 0.1) is 17.2 Å². The zero-order chi connectivity index (χ0) is 30.3. The van der Waals surface area contributed by atoms with Crippen molar-refractivity contribution in [3.63, 3.8) is 0 Å². The van der Waals surface area contributed by atoms with Crippen molar-refractivity contribution in [2.24, 2.45) is 17.6 Å². The summed E-state index contributed by atoms with van der Waals surface area (Å²) in [6.45, 7) is 2.41. The molecule has 0 spiro atoms. The number of hydrogen-bond acceptors (Lipinski definition) is 9. The highest BCUT2D eigenvalue weighted by Gasteiger charge is 2.63. The smallest absolute Gasteiger partial charge is 0.417 e. The maximum absolute atomic E-state index is 14.6. The number of Topliss-reactive ketones (excluding diaryl/α,β-unsaturated/α-hetero) is 2. The maximum Gasteiger partial charge on any atom is 0.417 e. The number of halogens is 3. The number of hydrogen-bond donors (Lipinski definition) is 5. The zero-order valence-corrected chi connectivity index (χ0v) is 22.7. The number of alkyl halides is 3. The van der Waals surface area contributed by atoms with Crippen LogP contribution in [0.1, 0.15) is 53.2 Å². The third kappa shape index (κ3) is 4.16. The molecule has 13 heteroatoms. The van der Waals surface area contributed by atoms with Crippen LogP contribution in [0.25, 0.3) is 0 Å². The number of carbonyl (C=O) groups is 3. The number of likely N-dealkylation sites (tertiary alicyclic amines) is 1. The normalized spacial score (nSPS) is 30.5. The van der Waals surface area contributed by atoms with Crippen molar-refractivity contribution < 1.29 is 48.0 Å². The molecule has 1 fully saturated rings. The molecule has 0 aromatic heterocycles. The fourth-order valence-electron chi connectivity index (χ4n) is 7.31. The van der Waals surface area contributed by atoms with E-state index in [1.54, 1.807) is 0 Å². The van der Waals surface area contributed by atoms with Crippen molar-refractivity contribution in [3.8, 4) is 5.75 Å². The molecule has 10 nitrogen and oxygen atoms in total. The lowest BCUT2D eigenvalue weighted by Crippen LogP contribution is -2.63. The van der Waals surface area contributed by atoms with Crippen molar-refractivity contribution in [2.75, 3.05) is 20.6 Å². The molecular formula is C28H32F3N3O7. The molecule has 1 aromatic carbocycles. The monoisotopic (exact) mass is 579 g/mol. The van der Waals surface area contributed by atoms with Gasteiger partial charge >= 0.3 is 6.18 Å². The number of phenols is 1. The molecule has 4 aliphatic rings. The predicted octanol–water partition coefficient (Wildman–Crippen LogP) is 2.12. The summed E-state index contributed by atoms with van der Waals surface area (Å²) in [7, 11) is 2.94. The summed E-state index contributed by atoms with van der Waals surface area (Å²) in [6.07, 6.45) is -3.96. The van der Waals surface area contributed by atoms with E-state index in [-0.39, 0.29) is 24.6 Å². The summed E-state index contributed by atoms with van der Waals surface area (Å²) in [5.41, 5.74) is -1.30. The first-order valence-electron chi connectivity index (χ1n) is 13.3. The number of nitrogens with zero attached hydrogens (tertiary/aromatic N) is 2. The second kappa shape index (κ2) is 9.57. The molecular weight excluding hydrogens is 547 g/mol. The molecule has 1 saturated heterocycles. The van der Waals surface area contributed by atoms with E-state index in [2.05, 4.69) is 0 Å². The summed E-state index contributed by atoms with van der Waals surface area (Å²) in [5.74, 6) is -8.94. The third-order valence-corrected chi connectivity index (χ3v) is 9.15. The molecule has 6 N–H and O–H groups in total. The highest BCUT2D eigenvalue weighted by Crippen LogP contribution is 2.54. The van der Waals surface area contributed by atoms with Gasteiger partial charge < -0.3 is 26.2 Å². The highest BCUT2D eigenvalue weighted by atomic mass is 19.4. The lowest BCUT2D eigenvalue weighted by Gasteiger charge is -2.50. The molecule has 5 atom stereocenters. The van der Waals surface area contributed by atoms with Gasteiger partial charge in [-0.25, -0.2) is 0 Å². The molecule has 0 bridgehead atoms. The number of allylic oxidation sites excluding steroid dienone is 1. The van der Waals surface area contributed by atoms with Crippen LogP contribution in [-0.4, -0.2) is 86.0 Å². The second-order valence-corrected chi connectivity index (χ2v) is 11.7. The Labute approximate surface area is 233 Å². The number of ketones is 2. The summed E-state index contributed by atoms with van der Waals surface area (Å²) < 4.78 is 43.9. The van der Waals surface area contributed by atoms with Crippen LogP contribution in [0.2, 0.25) is 0 Å². The number of aliphatic hydroxyl groups excluding tert-OH is 2. The average Bonchev–Trinajstić information content (AvgIpc) is 3.24. The van der Waals surface area contributed by atoms with Gasteiger partial charge in [0, 0.05) is 24.1 Å². The Kier molecular flexibility index (Phi) is 6.79. The van der Waals surface area contributed by atoms with Gasteiger partial charge in [0.1, 0.15) is 22.8 Å². The second-order valence-electron chi connectivity index (χ2n) is 11.7. The summed E-state index contributed by atoms with van der Waals surface area (Å²) in [4.78, 5) is 42.4. The SMILES string of the molecule is C[C@H]1CCCN1Cc1cc(O)c2c(c1C(F)(F)F)C[C@H]1C[C@H]3[C@H](N(C)C)C(O)=C(C(N)=O)C(=O)[C@@]3(O)C(O)=C1C2=O. The van der Waals surface area contributed by atoms with Crippen LogP contribution >= 0.6 is 0 Å². The lowest BCUT2D eigenvalue weighted by atomic mass is 9.58. The standard InChI is InChI=1S/C28H32F3N3O7/c1-11-5-4-6-34(11)10-13-9-16(35)18-14(20(13)28(29,30)31)7-12-8-15-21(33(2)3)23(37)19(26(32)40)25(39)27(15,41)24(38)17(12)22(18)36/h9,11-12,15,21,35,37-38,41H,4-8,10H2,1-3H3,(H2,32,40)/t11-,12-,15-,21-,27-/m0/s1. The quantitative estimate of drug-likeness (QED) is 0.336. The molecule has 41 heavy (non-hydrogen) atoms. The number of likely N-dealkylation sites (N-methyl/N-ethyl adjacent to an activating group) is 1. The van der Waals surface area contributed by atoms with E-state index >= 15 is 0 Å². The Morgan fingerprint density at radius 2 is 1.88 bits per heavy atom. The van der Waals surface area contributed by atoms with Crippen molar-refractivity contribution in [2.45, 2.75) is 63.0 Å². The van der Waals surface area contributed by atoms with Gasteiger partial charge in [0.15, 0.2) is 11.4 Å². The lowest BCUT2D eigenvalue weighted by molar-refractivity contribution is -0.148. The minimum atomic E-state index is -4.88. The van der Waals surface area contributed by atoms with Crippen molar-refractivity contribution in [1.82, 2.24) is 9.80 Å². The van der Waals surface area contributed by atoms with Crippen molar-refractivity contribution >= 4 is 17.5 Å². The van der Waals surface area contributed by atoms with E-state index in [1.165, 1.54) is 19.0 Å². The first-order valence-corrected chi connectivity index (χ1v) is 13.3. The van der Waals surface area contributed by atoms with Crippen molar-refractivity contribution in [3.05, 3.63) is 51.0 Å². The number of primary amides is 1. The van der Waals surface area contributed by atoms with Crippen LogP contribution in [0.3, 0.4) is 0 Å². The number of carbonyl (C=O) groups excluding carboxylic acids is 3. The Hall–Kier alpha value is -3.42. The van der Waals surface area contributed by atoms with Crippen LogP contribution in [0.15, 0.2) is 28.7 Å². The van der Waals surface area contributed by atoms with Crippen molar-refractivity contribution in [1.29, 1.82) is 0 Å². The molecule has 1 aliphatic heterocycles. The Balaban J connectivity index is 1.70. The molecule has 1 aromatic rings. The number of phenolic OH excluding ortho intramolecular Hbond substituents is 1. The van der Waals surface area contributed by atoms with Gasteiger partial charge in [-0.2, -0.15) is 13.2 Å². The fourth-order valence-corrected chi connectivity index (χ4v) is 7.31. The number of aromatic hydroxyl groups is 1. The highest BCUT2D eigenvalue weighted by molar-refractivity contribution is 6.24. The number of amides is 1. The van der Waals surface area contributed by atoms with Crippen LogP contribution in [0, 0.1) is 11.8 Å². The summed E-state index contributed by atoms with van der Waals surface area (Å²) in [6, 6.07) is -0.280. The molecule has 0 unspecified atom stereocenters. The molecule has 0 radical (unpaired) electrons. The van der Waals surface area contributed by atoms with E-state index in [0.717, 1.165) is 18.9 Å². The molecule has 5 rings (SSSR count). The molecule has 1 amide bonds. The molecule has 222 valence electrons. The molecule has 1 heterocycles. The Morgan fingerprint density at radius 1 is 1.22 bits per heavy atom. The van der Waals surface area contributed by atoms with Gasteiger partial charge in [0.2, 0.25) is 5.78 Å². The summed E-state index contributed by atoms with van der Waals surface area (Å²) >= 11 is 0. The summed E-state index contributed by atoms with van der Waals surface area (Å²) in [5, 5.41) is 44.6. The van der Waals surface area contributed by atoms with E-state index in [4.69, 9.17) is 5.73 Å². The van der Waals surface area contributed by atoms with Gasteiger partial charge in [-0.3, -0.25) is 24.2 Å². The van der Waals surface area contributed by atoms with E-state index in [0.29, 0.717) is 6.54 Å². The van der Waals surface area contributed by atoms with Crippen LogP contribution in [-0.2, 0) is 28.7 Å². The molecule has 3 aliphatic carbocycles. The first-order chi connectivity index (χ1) is 19.0. The molecule has 0 saturated carbocycles. The van der Waals surface area contributed by atoms with E-state index in [1.807, 2.05) is 11.8 Å². The minimum Gasteiger partial charge on any atom is -0.510 e. The average molecular weight is 580 g/mol. The first kappa shape index (κ1) is 29.1. The van der Waals surface area contributed by atoms with Gasteiger partial charge in [-0.1, -0.05) is 0 Å². The topological polar surface area (TPSA) is 165 Å². The number of aliphatic hydroxyl groups is 3. The maximum atomic E-state index is 14.6. The van der Waals surface area contributed by atoms with Gasteiger partial charge in [-0.05, 0) is 76.4 Å². The largest absolute Gasteiger partial charge is 0.510 e. The predicted molar refractivity (Wildman–Crippen MR) is 138 cm³/mol. The van der Waals surface area contributed by atoms with Crippen LogP contribution in [0.5, 0.6) is 5.75 Å². The van der Waals surface area contributed by atoms with E-state index in [9.17, 15) is 48.0 Å². The van der Waals surface area contributed by atoms with Gasteiger partial charge in [-0.15, -0.1) is 0 Å². The number of rotatable bonds is 4. The zero-order valence-electron chi connectivity index (χ0n) is 22.7. The Morgan fingerprint density at radius 3 is 2.41 bits per heavy atom. The number of benzene rings is 1. The van der Waals surface area contributed by atoms with Gasteiger partial charge in [0.25, 0.3) is 5.91 Å². The van der Waals surface area contributed by atoms with Crippen LogP contribution < -0.4 is 5.73 Å². The number of fused-ring (bicyclic) bond motifs is 3.